The summed E-state index contributed by atoms with van der Waals surface area (Å²) in [5, 5.41) is 0.236. The summed E-state index contributed by atoms with van der Waals surface area (Å²) in [4.78, 5) is 25.3. The molecule has 0 bridgehead atoms. The van der Waals surface area contributed by atoms with Crippen LogP contribution in [-0.2, 0) is 9.59 Å². The van der Waals surface area contributed by atoms with Crippen molar-refractivity contribution in [2.75, 3.05) is 17.2 Å². The van der Waals surface area contributed by atoms with Gasteiger partial charge in [0, 0.05) is 17.2 Å². The number of quaternary nitrogens is 1. The lowest BCUT2D eigenvalue weighted by atomic mass is 10.3. The van der Waals surface area contributed by atoms with Crippen LogP contribution in [0.4, 0.5) is 5.69 Å². The number of carbonyl (C=O) groups excluding carboxylic acids is 2. The maximum atomic E-state index is 12.2. The summed E-state index contributed by atoms with van der Waals surface area (Å²) in [7, 11) is 0. The number of halogens is 1. The van der Waals surface area contributed by atoms with E-state index in [-0.39, 0.29) is 23.5 Å². The second kappa shape index (κ2) is 5.73. The van der Waals surface area contributed by atoms with E-state index in [1.54, 1.807) is 24.3 Å². The van der Waals surface area contributed by atoms with Crippen LogP contribution in [0.3, 0.4) is 0 Å². The number of nitrogens with zero attached hydrogens (tertiary/aromatic N) is 1. The Kier molecular flexibility index (Phi) is 4.27. The highest BCUT2D eigenvalue weighted by Crippen LogP contribution is 2.30. The maximum absolute atomic E-state index is 12.2. The lowest BCUT2D eigenvalue weighted by molar-refractivity contribution is -0.360. The summed E-state index contributed by atoms with van der Waals surface area (Å²) in [5.74, 6) is 0.470. The van der Waals surface area contributed by atoms with Crippen molar-refractivity contribution in [3.05, 3.63) is 29.3 Å². The Balaban J connectivity index is 2.19. The molecule has 2 rings (SSSR count). The number of hydrogen-bond donors (Lipinski definition) is 1. The molecule has 2 amide bonds. The minimum atomic E-state index is -0.279. The van der Waals surface area contributed by atoms with Crippen LogP contribution >= 0.6 is 23.4 Å². The second-order valence-electron chi connectivity index (χ2n) is 3.96. The molecule has 1 heterocycles. The van der Waals surface area contributed by atoms with E-state index in [0.29, 0.717) is 10.7 Å². The molecule has 0 aromatic heterocycles. The van der Waals surface area contributed by atoms with Crippen LogP contribution in [0.25, 0.3) is 0 Å². The highest BCUT2D eigenvalue weighted by Gasteiger charge is 2.39. The molecular formula is C12H14ClN2O2S+. The van der Waals surface area contributed by atoms with Crippen molar-refractivity contribution in [2.24, 2.45) is 0 Å². The van der Waals surface area contributed by atoms with E-state index in [9.17, 15) is 9.59 Å². The number of anilines is 1. The van der Waals surface area contributed by atoms with Crippen molar-refractivity contribution in [1.29, 1.82) is 0 Å². The van der Waals surface area contributed by atoms with Crippen molar-refractivity contribution in [3.63, 3.8) is 0 Å². The third-order valence-corrected chi connectivity index (χ3v) is 4.17. The standard InChI is InChI=1S/C12H13ClN2O2S/c13-8-2-1-3-9(6-8)15-11(16)7-10(12(15)17)18-5-4-14/h1-3,6,10H,4-5,7,14H2/p+1/t10-/m1/s1. The molecule has 6 heteroatoms. The average Bonchev–Trinajstić information content (AvgIpc) is 2.62. The highest BCUT2D eigenvalue weighted by molar-refractivity contribution is 8.00. The molecule has 96 valence electrons. The van der Waals surface area contributed by atoms with E-state index in [2.05, 4.69) is 5.73 Å². The number of thioether (sulfide) groups is 1. The summed E-state index contributed by atoms with van der Waals surface area (Å²) < 4.78 is 0. The zero-order valence-corrected chi connectivity index (χ0v) is 11.3. The van der Waals surface area contributed by atoms with Gasteiger partial charge in [0.15, 0.2) is 0 Å². The quantitative estimate of drug-likeness (QED) is 0.838. The molecule has 0 saturated carbocycles. The molecule has 0 radical (unpaired) electrons. The van der Waals surface area contributed by atoms with Gasteiger partial charge in [-0.3, -0.25) is 9.59 Å². The fraction of sp³-hybridized carbons (Fsp3) is 0.333. The number of hydrogen-bond acceptors (Lipinski definition) is 3. The molecule has 1 aromatic rings. The predicted octanol–water partition coefficient (Wildman–Crippen LogP) is 0.947. The molecule has 3 N–H and O–H groups in total. The van der Waals surface area contributed by atoms with Gasteiger partial charge in [0.05, 0.1) is 17.5 Å². The van der Waals surface area contributed by atoms with Gasteiger partial charge in [-0.25, -0.2) is 4.90 Å². The van der Waals surface area contributed by atoms with Crippen molar-refractivity contribution in [1.82, 2.24) is 0 Å². The van der Waals surface area contributed by atoms with Crippen LogP contribution in [0.15, 0.2) is 24.3 Å². The van der Waals surface area contributed by atoms with E-state index in [0.717, 1.165) is 12.3 Å². The van der Waals surface area contributed by atoms with Crippen LogP contribution in [0.2, 0.25) is 5.02 Å². The topological polar surface area (TPSA) is 65.0 Å². The Bertz CT molecular complexity index is 481. The first-order valence-electron chi connectivity index (χ1n) is 5.66. The molecule has 0 unspecified atom stereocenters. The van der Waals surface area contributed by atoms with Gasteiger partial charge < -0.3 is 5.73 Å². The number of carbonyl (C=O) groups is 2. The normalized spacial score (nSPS) is 19.7. The maximum Gasteiger partial charge on any atom is 0.247 e. The smallest absolute Gasteiger partial charge is 0.247 e. The number of rotatable bonds is 4. The van der Waals surface area contributed by atoms with Crippen molar-refractivity contribution in [3.8, 4) is 0 Å². The molecule has 1 aliphatic rings. The Morgan fingerprint density at radius 2 is 2.22 bits per heavy atom. The average molecular weight is 286 g/mol. The first kappa shape index (κ1) is 13.4. The molecular weight excluding hydrogens is 272 g/mol. The zero-order chi connectivity index (χ0) is 13.1. The van der Waals surface area contributed by atoms with Gasteiger partial charge in [0.25, 0.3) is 0 Å². The van der Waals surface area contributed by atoms with Crippen molar-refractivity contribution >= 4 is 40.9 Å². The summed E-state index contributed by atoms with van der Waals surface area (Å²) >= 11 is 7.37. The van der Waals surface area contributed by atoms with Gasteiger partial charge in [-0.15, -0.1) is 11.8 Å². The summed E-state index contributed by atoms with van der Waals surface area (Å²) in [6.45, 7) is 0.750. The van der Waals surface area contributed by atoms with Crippen LogP contribution in [-0.4, -0.2) is 29.4 Å². The van der Waals surface area contributed by atoms with Crippen LogP contribution in [0.5, 0.6) is 0 Å². The molecule has 1 fully saturated rings. The first-order valence-corrected chi connectivity index (χ1v) is 7.09. The molecule has 1 aromatic carbocycles. The molecule has 0 aliphatic carbocycles. The fourth-order valence-electron chi connectivity index (χ4n) is 1.85. The molecule has 1 saturated heterocycles. The van der Waals surface area contributed by atoms with Gasteiger partial charge in [0.2, 0.25) is 11.8 Å². The van der Waals surface area contributed by atoms with Crippen LogP contribution < -0.4 is 10.6 Å². The Morgan fingerprint density at radius 1 is 1.44 bits per heavy atom. The lowest BCUT2D eigenvalue weighted by Gasteiger charge is -2.14. The van der Waals surface area contributed by atoms with E-state index >= 15 is 0 Å². The number of imide groups is 1. The SMILES string of the molecule is [NH3+]CCS[C@@H]1CC(=O)N(c2cccc(Cl)c2)C1=O. The number of benzene rings is 1. The second-order valence-corrected chi connectivity index (χ2v) is 5.71. The molecule has 1 aliphatic heterocycles. The summed E-state index contributed by atoms with van der Waals surface area (Å²) in [6, 6.07) is 6.79. The van der Waals surface area contributed by atoms with Gasteiger partial charge in [-0.1, -0.05) is 17.7 Å². The van der Waals surface area contributed by atoms with Gasteiger partial charge in [-0.2, -0.15) is 0 Å². The summed E-state index contributed by atoms with van der Waals surface area (Å²) in [6.07, 6.45) is 0.260. The lowest BCUT2D eigenvalue weighted by Crippen LogP contribution is -2.51. The van der Waals surface area contributed by atoms with Gasteiger partial charge in [-0.05, 0) is 18.2 Å². The van der Waals surface area contributed by atoms with E-state index in [4.69, 9.17) is 11.6 Å². The fourth-order valence-corrected chi connectivity index (χ4v) is 2.99. The van der Waals surface area contributed by atoms with Gasteiger partial charge in [0.1, 0.15) is 0 Å². The minimum Gasteiger partial charge on any atom is -0.357 e. The zero-order valence-electron chi connectivity index (χ0n) is 9.77. The predicted molar refractivity (Wildman–Crippen MR) is 72.6 cm³/mol. The van der Waals surface area contributed by atoms with E-state index in [1.807, 2.05) is 0 Å². The Labute approximate surface area is 114 Å². The minimum absolute atomic E-state index is 0.152. The number of amides is 2. The third kappa shape index (κ3) is 2.68. The molecule has 0 spiro atoms. The third-order valence-electron chi connectivity index (χ3n) is 2.64. The van der Waals surface area contributed by atoms with Gasteiger partial charge >= 0.3 is 0 Å². The van der Waals surface area contributed by atoms with Crippen LogP contribution in [0, 0.1) is 0 Å². The Hall–Kier alpha value is -1.04. The van der Waals surface area contributed by atoms with Crippen LogP contribution in [0.1, 0.15) is 6.42 Å². The highest BCUT2D eigenvalue weighted by atomic mass is 35.5. The van der Waals surface area contributed by atoms with Crippen molar-refractivity contribution < 1.29 is 15.3 Å². The van der Waals surface area contributed by atoms with E-state index in [1.165, 1.54) is 16.7 Å². The summed E-state index contributed by atoms with van der Waals surface area (Å²) in [5.41, 5.74) is 4.28. The molecule has 1 atom stereocenters. The van der Waals surface area contributed by atoms with E-state index < -0.39 is 0 Å². The van der Waals surface area contributed by atoms with Crippen molar-refractivity contribution in [2.45, 2.75) is 11.7 Å². The Morgan fingerprint density at radius 3 is 2.89 bits per heavy atom. The monoisotopic (exact) mass is 285 g/mol. The molecule has 4 nitrogen and oxygen atoms in total. The largest absolute Gasteiger partial charge is 0.357 e. The first-order chi connectivity index (χ1) is 8.63. The molecule has 18 heavy (non-hydrogen) atoms.